The maximum atomic E-state index is 14.1. The third-order valence-electron chi connectivity index (χ3n) is 6.41. The number of pyridine rings is 1. The fraction of sp³-hybridized carbons (Fsp3) is 0.280. The van der Waals surface area contributed by atoms with E-state index in [-0.39, 0.29) is 16.9 Å². The lowest BCUT2D eigenvalue weighted by Crippen LogP contribution is -2.43. The van der Waals surface area contributed by atoms with Crippen molar-refractivity contribution in [2.24, 2.45) is 0 Å². The van der Waals surface area contributed by atoms with E-state index in [2.05, 4.69) is 15.8 Å². The number of nitrogens with one attached hydrogen (secondary N) is 1. The molecule has 11 heteroatoms. The van der Waals surface area contributed by atoms with Crippen LogP contribution in [0, 0.1) is 36.8 Å². The first-order valence-electron chi connectivity index (χ1n) is 11.1. The average molecular weight is 533 g/mol. The number of halogens is 3. The highest BCUT2D eigenvalue weighted by molar-refractivity contribution is 7.92. The highest BCUT2D eigenvalue weighted by atomic mass is 35.5. The van der Waals surface area contributed by atoms with Gasteiger partial charge >= 0.3 is 0 Å². The Morgan fingerprint density at radius 1 is 1.14 bits per heavy atom. The van der Waals surface area contributed by atoms with E-state index in [0.29, 0.717) is 48.4 Å². The molecule has 0 unspecified atom stereocenters. The minimum Gasteiger partial charge on any atom is -0.385 e. The molecule has 1 aliphatic heterocycles. The number of aromatic nitrogens is 1. The van der Waals surface area contributed by atoms with E-state index in [1.807, 2.05) is 4.90 Å². The molecule has 4 rings (SSSR count). The third kappa shape index (κ3) is 4.87. The quantitative estimate of drug-likeness (QED) is 0.489. The number of nitrogens with zero attached hydrogens (tertiary/aromatic N) is 3. The number of hydrogen-bond acceptors (Lipinski definition) is 6. The zero-order valence-corrected chi connectivity index (χ0v) is 21.1. The first kappa shape index (κ1) is 25.8. The fourth-order valence-corrected chi connectivity index (χ4v) is 5.74. The molecule has 3 aromatic rings. The Hall–Kier alpha value is -3.26. The van der Waals surface area contributed by atoms with Gasteiger partial charge in [0.25, 0.3) is 10.0 Å². The SMILES string of the molecule is Cc1nc(N2CCC(O)(c3ccc(Cl)cc3)CC2)c(C#N)c(C)c1NS(=O)(=O)c1ccc(F)cc1F. The molecule has 2 aromatic carbocycles. The van der Waals surface area contributed by atoms with Gasteiger partial charge in [-0.15, -0.1) is 0 Å². The summed E-state index contributed by atoms with van der Waals surface area (Å²) in [7, 11) is -4.41. The second kappa shape index (κ2) is 9.65. The van der Waals surface area contributed by atoms with Crippen LogP contribution < -0.4 is 9.62 Å². The van der Waals surface area contributed by atoms with E-state index in [1.165, 1.54) is 0 Å². The number of anilines is 2. The van der Waals surface area contributed by atoms with Crippen molar-refractivity contribution in [1.82, 2.24) is 4.98 Å². The van der Waals surface area contributed by atoms with Crippen LogP contribution in [0.3, 0.4) is 0 Å². The first-order valence-corrected chi connectivity index (χ1v) is 12.9. The topological polar surface area (TPSA) is 106 Å². The molecule has 1 aromatic heterocycles. The average Bonchev–Trinajstić information content (AvgIpc) is 2.82. The molecule has 0 atom stereocenters. The van der Waals surface area contributed by atoms with E-state index in [1.54, 1.807) is 38.1 Å². The highest BCUT2D eigenvalue weighted by Gasteiger charge is 2.35. The smallest absolute Gasteiger partial charge is 0.264 e. The molecule has 1 fully saturated rings. The number of sulfonamides is 1. The van der Waals surface area contributed by atoms with Gasteiger partial charge in [-0.2, -0.15) is 5.26 Å². The Morgan fingerprint density at radius 3 is 2.36 bits per heavy atom. The number of aliphatic hydroxyl groups is 1. The molecule has 1 saturated heterocycles. The van der Waals surface area contributed by atoms with Crippen molar-refractivity contribution in [2.45, 2.75) is 37.2 Å². The maximum Gasteiger partial charge on any atom is 0.264 e. The molecule has 0 radical (unpaired) electrons. The maximum absolute atomic E-state index is 14.1. The molecule has 0 spiro atoms. The Kier molecular flexibility index (Phi) is 6.92. The fourth-order valence-electron chi connectivity index (χ4n) is 4.37. The summed E-state index contributed by atoms with van der Waals surface area (Å²) in [6.45, 7) is 3.96. The second-order valence-electron chi connectivity index (χ2n) is 8.71. The monoisotopic (exact) mass is 532 g/mol. The van der Waals surface area contributed by atoms with Crippen molar-refractivity contribution < 1.29 is 22.3 Å². The summed E-state index contributed by atoms with van der Waals surface area (Å²) in [6, 6.07) is 11.3. The summed E-state index contributed by atoms with van der Waals surface area (Å²) in [5.74, 6) is -1.76. The second-order valence-corrected chi connectivity index (χ2v) is 10.8. The number of piperidine rings is 1. The minimum absolute atomic E-state index is 0.0497. The summed E-state index contributed by atoms with van der Waals surface area (Å²) in [5.41, 5.74) is 0.525. The van der Waals surface area contributed by atoms with Crippen molar-refractivity contribution >= 4 is 33.1 Å². The van der Waals surface area contributed by atoms with Gasteiger partial charge in [-0.1, -0.05) is 23.7 Å². The molecule has 7 nitrogen and oxygen atoms in total. The van der Waals surface area contributed by atoms with Crippen molar-refractivity contribution in [3.05, 3.63) is 81.5 Å². The number of benzene rings is 2. The zero-order chi connectivity index (χ0) is 26.3. The van der Waals surface area contributed by atoms with Gasteiger partial charge in [0.05, 0.1) is 22.5 Å². The summed E-state index contributed by atoms with van der Waals surface area (Å²) < 4.78 is 55.3. The molecule has 1 aliphatic rings. The van der Waals surface area contributed by atoms with Gasteiger partial charge in [0.15, 0.2) is 0 Å². The summed E-state index contributed by atoms with van der Waals surface area (Å²) in [4.78, 5) is 5.65. The van der Waals surface area contributed by atoms with E-state index < -0.39 is 32.2 Å². The lowest BCUT2D eigenvalue weighted by atomic mass is 9.84. The Morgan fingerprint density at radius 2 is 1.78 bits per heavy atom. The molecular formula is C25H23ClF2N4O3S. The third-order valence-corrected chi connectivity index (χ3v) is 8.05. The van der Waals surface area contributed by atoms with Gasteiger partial charge in [0.2, 0.25) is 0 Å². The number of hydrogen-bond donors (Lipinski definition) is 2. The van der Waals surface area contributed by atoms with E-state index in [0.717, 1.165) is 17.7 Å². The molecule has 2 heterocycles. The van der Waals surface area contributed by atoms with Gasteiger partial charge in [0.1, 0.15) is 28.4 Å². The predicted octanol–water partition coefficient (Wildman–Crippen LogP) is 4.79. The van der Waals surface area contributed by atoms with E-state index >= 15 is 0 Å². The Labute approximate surface area is 213 Å². The number of rotatable bonds is 5. The molecule has 0 aliphatic carbocycles. The lowest BCUT2D eigenvalue weighted by Gasteiger charge is -2.39. The van der Waals surface area contributed by atoms with E-state index in [9.17, 15) is 27.6 Å². The number of nitriles is 1. The van der Waals surface area contributed by atoms with Crippen LogP contribution in [-0.4, -0.2) is 31.6 Å². The van der Waals surface area contributed by atoms with Crippen LogP contribution in [0.2, 0.25) is 5.02 Å². The summed E-state index contributed by atoms with van der Waals surface area (Å²) in [6.07, 6.45) is 0.773. The normalized spacial score (nSPS) is 15.4. The van der Waals surface area contributed by atoms with Crippen LogP contribution in [0.15, 0.2) is 47.4 Å². The van der Waals surface area contributed by atoms with Gasteiger partial charge in [-0.3, -0.25) is 4.72 Å². The Bertz CT molecular complexity index is 1470. The molecule has 0 saturated carbocycles. The predicted molar refractivity (Wildman–Crippen MR) is 132 cm³/mol. The van der Waals surface area contributed by atoms with Crippen LogP contribution in [0.5, 0.6) is 0 Å². The van der Waals surface area contributed by atoms with Crippen molar-refractivity contribution in [1.29, 1.82) is 5.26 Å². The standard InChI is InChI=1S/C25H23ClF2N4O3S/c1-15-20(14-29)24(32-11-9-25(33,10-12-32)17-3-5-18(26)6-4-17)30-16(2)23(15)31-36(34,35)22-8-7-19(27)13-21(22)28/h3-8,13,31,33H,9-12H2,1-2H3. The van der Waals surface area contributed by atoms with Crippen molar-refractivity contribution in [3.63, 3.8) is 0 Å². The highest BCUT2D eigenvalue weighted by Crippen LogP contribution is 2.37. The Balaban J connectivity index is 1.62. The number of aryl methyl sites for hydroxylation is 1. The van der Waals surface area contributed by atoms with Crippen LogP contribution in [0.25, 0.3) is 0 Å². The van der Waals surface area contributed by atoms with Crippen LogP contribution >= 0.6 is 11.6 Å². The van der Waals surface area contributed by atoms with Crippen molar-refractivity contribution in [3.8, 4) is 6.07 Å². The summed E-state index contributed by atoms with van der Waals surface area (Å²) in [5, 5.41) is 21.6. The molecule has 0 bridgehead atoms. The largest absolute Gasteiger partial charge is 0.385 e. The molecule has 188 valence electrons. The molecule has 0 amide bonds. The first-order chi connectivity index (χ1) is 16.9. The molecule has 2 N–H and O–H groups in total. The van der Waals surface area contributed by atoms with Gasteiger partial charge in [-0.05, 0) is 62.1 Å². The van der Waals surface area contributed by atoms with Crippen LogP contribution in [0.4, 0.5) is 20.3 Å². The van der Waals surface area contributed by atoms with Crippen LogP contribution in [-0.2, 0) is 15.6 Å². The van der Waals surface area contributed by atoms with Gasteiger partial charge in [0, 0.05) is 24.2 Å². The lowest BCUT2D eigenvalue weighted by molar-refractivity contribution is 0.0116. The van der Waals surface area contributed by atoms with Crippen molar-refractivity contribution in [2.75, 3.05) is 22.7 Å². The molecular weight excluding hydrogens is 510 g/mol. The zero-order valence-electron chi connectivity index (χ0n) is 19.5. The van der Waals surface area contributed by atoms with Gasteiger partial charge < -0.3 is 10.0 Å². The molecule has 36 heavy (non-hydrogen) atoms. The minimum atomic E-state index is -4.41. The summed E-state index contributed by atoms with van der Waals surface area (Å²) >= 11 is 5.96. The van der Waals surface area contributed by atoms with Gasteiger partial charge in [-0.25, -0.2) is 22.2 Å². The van der Waals surface area contributed by atoms with Crippen LogP contribution in [0.1, 0.15) is 35.2 Å². The van der Waals surface area contributed by atoms with E-state index in [4.69, 9.17) is 11.6 Å².